The van der Waals surface area contributed by atoms with Crippen LogP contribution >= 0.6 is 0 Å². The van der Waals surface area contributed by atoms with E-state index in [1.807, 2.05) is 0 Å². The normalized spacial score (nSPS) is 14.4. The topological polar surface area (TPSA) is 80.7 Å². The van der Waals surface area contributed by atoms with Crippen LogP contribution in [0.3, 0.4) is 0 Å². The average molecular weight is 337 g/mol. The molecule has 17 heavy (non-hydrogen) atoms. The zero-order valence-corrected chi connectivity index (χ0v) is 10.4. The third-order valence-electron chi connectivity index (χ3n) is 1.52. The molecule has 0 bridgehead atoms. The van der Waals surface area contributed by atoms with Gasteiger partial charge in [-0.05, 0) is 0 Å². The number of alkyl halides is 3. The Hall–Kier alpha value is -0.961. The molecule has 1 rings (SSSR count). The van der Waals surface area contributed by atoms with Gasteiger partial charge in [-0.1, -0.05) is 0 Å². The van der Waals surface area contributed by atoms with E-state index in [1.54, 1.807) is 0 Å². The van der Waals surface area contributed by atoms with Gasteiger partial charge in [-0.3, -0.25) is 0 Å². The van der Waals surface area contributed by atoms with Gasteiger partial charge in [0.1, 0.15) is 0 Å². The second-order valence-electron chi connectivity index (χ2n) is 2.68. The molecule has 5 nitrogen and oxygen atoms in total. The zero-order chi connectivity index (χ0) is 13.3. The van der Waals surface area contributed by atoms with Crippen LogP contribution in [0.4, 0.5) is 13.2 Å². The summed E-state index contributed by atoms with van der Waals surface area (Å²) in [5.74, 6) is -0.799. The molecule has 0 heterocycles. The van der Waals surface area contributed by atoms with Gasteiger partial charge < -0.3 is 0 Å². The van der Waals surface area contributed by atoms with Gasteiger partial charge in [-0.2, -0.15) is 0 Å². The Morgan fingerprint density at radius 3 is 2.24 bits per heavy atom. The molecule has 1 atom stereocenters. The maximum atomic E-state index is 12.0. The molecule has 0 amide bonds. The fraction of sp³-hybridized carbons (Fsp3) is 0.143. The maximum absolute atomic E-state index is 12.0. The molecule has 0 fully saturated rings. The second kappa shape index (κ2) is 4.73. The Balaban J connectivity index is 3.18. The molecule has 0 aliphatic heterocycles. The van der Waals surface area contributed by atoms with Crippen LogP contribution in [0.1, 0.15) is 0 Å². The molecule has 0 saturated carbocycles. The van der Waals surface area contributed by atoms with Gasteiger partial charge in [0, 0.05) is 0 Å². The number of benzene rings is 1. The van der Waals surface area contributed by atoms with Crippen LogP contribution in [0.2, 0.25) is 0 Å². The number of hydrogen-bond acceptors (Lipinski definition) is 4. The Bertz CT molecular complexity index is 539. The van der Waals surface area contributed by atoms with Crippen molar-refractivity contribution in [3.8, 4) is 5.75 Å². The van der Waals surface area contributed by atoms with Crippen LogP contribution in [0.5, 0.6) is 5.75 Å². The molecule has 1 aromatic rings. The zero-order valence-electron chi connectivity index (χ0n) is 7.84. The molecule has 0 spiro atoms. The van der Waals surface area contributed by atoms with Crippen LogP contribution in [-0.2, 0) is 14.0 Å². The molecule has 10 heteroatoms. The first-order chi connectivity index (χ1) is 7.65. The predicted octanol–water partition coefficient (Wildman–Crippen LogP) is 0.0330. The SMILES string of the molecule is O=[Se](O)c1ccccc1OS(=O)(=O)C(F)(F)F. The number of halogens is 3. The molecule has 0 aliphatic rings. The molecular weight excluding hydrogens is 332 g/mol. The van der Waals surface area contributed by atoms with Crippen LogP contribution in [-0.4, -0.2) is 32.3 Å². The second-order valence-corrected chi connectivity index (χ2v) is 6.19. The Morgan fingerprint density at radius 1 is 1.24 bits per heavy atom. The van der Waals surface area contributed by atoms with Crippen molar-refractivity contribution in [2.75, 3.05) is 0 Å². The quantitative estimate of drug-likeness (QED) is 0.478. The van der Waals surface area contributed by atoms with E-state index < -0.39 is 40.0 Å². The molecule has 1 aromatic carbocycles. The summed E-state index contributed by atoms with van der Waals surface area (Å²) < 4.78 is 80.3. The van der Waals surface area contributed by atoms with Crippen molar-refractivity contribution >= 4 is 28.7 Å². The summed E-state index contributed by atoms with van der Waals surface area (Å²) in [6.45, 7) is 0. The molecule has 0 aliphatic carbocycles. The summed E-state index contributed by atoms with van der Waals surface area (Å²) >= 11 is -3.59. The number of hydrogen-bond donors (Lipinski definition) is 1. The summed E-state index contributed by atoms with van der Waals surface area (Å²) in [4.78, 5) is 0. The van der Waals surface area contributed by atoms with E-state index >= 15 is 0 Å². The van der Waals surface area contributed by atoms with Gasteiger partial charge in [-0.15, -0.1) is 0 Å². The molecule has 96 valence electrons. The third kappa shape index (κ3) is 3.25. The van der Waals surface area contributed by atoms with Crippen molar-refractivity contribution in [2.24, 2.45) is 0 Å². The van der Waals surface area contributed by atoms with E-state index in [-0.39, 0.29) is 0 Å². The summed E-state index contributed by atoms with van der Waals surface area (Å²) in [5, 5.41) is 0. The monoisotopic (exact) mass is 338 g/mol. The first-order valence-corrected chi connectivity index (χ1v) is 7.59. The molecule has 1 N–H and O–H groups in total. The van der Waals surface area contributed by atoms with Crippen molar-refractivity contribution in [3.63, 3.8) is 0 Å². The standard InChI is InChI=1S/C7H5F3O5SSe/c8-7(9,10)16(11,12)15-5-3-1-2-4-6(5)17(13)14/h1-4H,(H,13,14). The molecule has 1 unspecified atom stereocenters. The van der Waals surface area contributed by atoms with Crippen molar-refractivity contribution in [2.45, 2.75) is 5.51 Å². The first kappa shape index (κ1) is 14.1. The van der Waals surface area contributed by atoms with Gasteiger partial charge in [0.15, 0.2) is 0 Å². The minimum absolute atomic E-state index is 0.472. The van der Waals surface area contributed by atoms with E-state index in [4.69, 9.17) is 4.19 Å². The summed E-state index contributed by atoms with van der Waals surface area (Å²) in [6.07, 6.45) is 0. The Kier molecular flexibility index (Phi) is 3.92. The predicted molar refractivity (Wildman–Crippen MR) is 50.3 cm³/mol. The fourth-order valence-corrected chi connectivity index (χ4v) is 2.42. The Labute approximate surface area is 98.4 Å². The van der Waals surface area contributed by atoms with Crippen molar-refractivity contribution in [1.29, 1.82) is 0 Å². The summed E-state index contributed by atoms with van der Waals surface area (Å²) in [5.41, 5.74) is -5.59. The minimum atomic E-state index is -5.84. The van der Waals surface area contributed by atoms with E-state index in [0.29, 0.717) is 0 Å². The van der Waals surface area contributed by atoms with Crippen LogP contribution in [0, 0.1) is 0 Å². The Morgan fingerprint density at radius 2 is 1.76 bits per heavy atom. The van der Waals surface area contributed by atoms with Crippen LogP contribution < -0.4 is 8.64 Å². The van der Waals surface area contributed by atoms with Crippen molar-refractivity contribution in [1.82, 2.24) is 0 Å². The molecular formula is C7H5F3O5SSe. The first-order valence-electron chi connectivity index (χ1n) is 3.86. The molecule has 0 aromatic heterocycles. The van der Waals surface area contributed by atoms with E-state index in [1.165, 1.54) is 12.1 Å². The third-order valence-corrected chi connectivity index (χ3v) is 3.98. The number of rotatable bonds is 3. The van der Waals surface area contributed by atoms with E-state index in [9.17, 15) is 25.4 Å². The summed E-state index contributed by atoms with van der Waals surface area (Å²) in [6, 6.07) is 4.33. The summed E-state index contributed by atoms with van der Waals surface area (Å²) in [7, 11) is -5.84. The molecule has 0 saturated heterocycles. The van der Waals surface area contributed by atoms with Crippen LogP contribution in [0.15, 0.2) is 24.3 Å². The molecule has 0 radical (unpaired) electrons. The van der Waals surface area contributed by atoms with Gasteiger partial charge in [0.05, 0.1) is 0 Å². The van der Waals surface area contributed by atoms with Crippen molar-refractivity contribution in [3.05, 3.63) is 24.3 Å². The van der Waals surface area contributed by atoms with Crippen LogP contribution in [0.25, 0.3) is 0 Å². The van der Waals surface area contributed by atoms with E-state index in [0.717, 1.165) is 12.1 Å². The van der Waals surface area contributed by atoms with Gasteiger partial charge >= 0.3 is 98.1 Å². The fourth-order valence-electron chi connectivity index (χ4n) is 0.829. The van der Waals surface area contributed by atoms with E-state index in [2.05, 4.69) is 4.18 Å². The van der Waals surface area contributed by atoms with Gasteiger partial charge in [0.25, 0.3) is 0 Å². The van der Waals surface area contributed by atoms with Gasteiger partial charge in [-0.25, -0.2) is 0 Å². The average Bonchev–Trinajstić information content (AvgIpc) is 2.15. The number of para-hydroxylation sites is 1. The van der Waals surface area contributed by atoms with Crippen molar-refractivity contribution < 1.29 is 33.8 Å². The van der Waals surface area contributed by atoms with Gasteiger partial charge in [0.2, 0.25) is 0 Å².